The molecule has 4 aromatic rings. The lowest BCUT2D eigenvalue weighted by Gasteiger charge is -2.44. The minimum absolute atomic E-state index is 0.00590. The number of carboxylic acids is 1. The molecule has 1 fully saturated rings. The van der Waals surface area contributed by atoms with Crippen LogP contribution in [-0.2, 0) is 6.54 Å². The van der Waals surface area contributed by atoms with Crippen molar-refractivity contribution in [1.29, 1.82) is 0 Å². The third-order valence-electron chi connectivity index (χ3n) is 7.20. The molecule has 2 bridgehead atoms. The molecule has 2 aliphatic rings. The third kappa shape index (κ3) is 4.08. The number of rotatable bonds is 4. The number of carbonyl (C=O) groups is 2. The van der Waals surface area contributed by atoms with Crippen LogP contribution in [-0.4, -0.2) is 34.6 Å². The first kappa shape index (κ1) is 22.8. The fourth-order valence-corrected chi connectivity index (χ4v) is 5.55. The van der Waals surface area contributed by atoms with Crippen LogP contribution in [0.2, 0.25) is 0 Å². The molecule has 2 aliphatic heterocycles. The molecule has 37 heavy (non-hydrogen) atoms. The van der Waals surface area contributed by atoms with Crippen LogP contribution in [0.4, 0.5) is 11.4 Å². The number of hydrogen-bond acceptors (Lipinski definition) is 6. The number of hydrogen-bond donors (Lipinski definition) is 2. The molecule has 2 atom stereocenters. The molecule has 0 spiro atoms. The molecule has 2 aromatic carbocycles. The second-order valence-electron chi connectivity index (χ2n) is 9.58. The fraction of sp³-hybridized carbons (Fsp3) is 0.214. The number of nitrogens with zero attached hydrogens (tertiary/aromatic N) is 2. The van der Waals surface area contributed by atoms with Crippen molar-refractivity contribution < 1.29 is 19.1 Å². The van der Waals surface area contributed by atoms with Gasteiger partial charge in [0.25, 0.3) is 11.5 Å². The second kappa shape index (κ2) is 8.77. The standard InChI is InChI=1S/C28H23N3O6/c32-25-7-3-5-22-19-10-16(14-31(22)25)13-30(15-19)23-9-8-18(27(34)35)12-21(23)29-26(33)20-11-17-4-1-2-6-24(17)37-28(20)36/h1-9,11-12,16,19H,10,13-15H2,(H,29,33)(H,34,35). The van der Waals surface area contributed by atoms with Gasteiger partial charge >= 0.3 is 11.6 Å². The van der Waals surface area contributed by atoms with Crippen molar-refractivity contribution in [3.05, 3.63) is 104 Å². The van der Waals surface area contributed by atoms with E-state index in [-0.39, 0.29) is 28.5 Å². The summed E-state index contributed by atoms with van der Waals surface area (Å²) in [4.78, 5) is 52.0. The summed E-state index contributed by atoms with van der Waals surface area (Å²) in [5.74, 6) is -1.47. The quantitative estimate of drug-likeness (QED) is 0.414. The summed E-state index contributed by atoms with van der Waals surface area (Å²) < 4.78 is 7.14. The van der Waals surface area contributed by atoms with Gasteiger partial charge in [-0.05, 0) is 48.7 Å². The number of benzene rings is 2. The Morgan fingerprint density at radius 3 is 2.62 bits per heavy atom. The van der Waals surface area contributed by atoms with Gasteiger partial charge in [-0.3, -0.25) is 9.59 Å². The number of aromatic carboxylic acids is 1. The molecule has 2 aromatic heterocycles. The van der Waals surface area contributed by atoms with E-state index in [1.165, 1.54) is 18.2 Å². The Morgan fingerprint density at radius 1 is 0.946 bits per heavy atom. The zero-order valence-electron chi connectivity index (χ0n) is 19.7. The molecule has 1 saturated heterocycles. The summed E-state index contributed by atoms with van der Waals surface area (Å²) in [5.41, 5.74) is 1.36. The smallest absolute Gasteiger partial charge is 0.349 e. The van der Waals surface area contributed by atoms with Crippen molar-refractivity contribution in [2.24, 2.45) is 5.92 Å². The number of aromatic nitrogens is 1. The van der Waals surface area contributed by atoms with Crippen LogP contribution >= 0.6 is 0 Å². The van der Waals surface area contributed by atoms with Crippen LogP contribution in [0.25, 0.3) is 11.0 Å². The van der Waals surface area contributed by atoms with Gasteiger partial charge < -0.3 is 24.3 Å². The number of carboxylic acid groups (broad SMARTS) is 1. The molecule has 0 saturated carbocycles. The number of fused-ring (bicyclic) bond motifs is 5. The molecule has 9 nitrogen and oxygen atoms in total. The number of anilines is 2. The van der Waals surface area contributed by atoms with Crippen LogP contribution in [0, 0.1) is 5.92 Å². The highest BCUT2D eigenvalue weighted by molar-refractivity contribution is 6.07. The van der Waals surface area contributed by atoms with Gasteiger partial charge in [0.15, 0.2) is 0 Å². The highest BCUT2D eigenvalue weighted by Gasteiger charge is 2.35. The molecular formula is C28H23N3O6. The number of carbonyl (C=O) groups excluding carboxylic acids is 1. The monoisotopic (exact) mass is 497 g/mol. The largest absolute Gasteiger partial charge is 0.478 e. The van der Waals surface area contributed by atoms with Gasteiger partial charge in [-0.15, -0.1) is 0 Å². The van der Waals surface area contributed by atoms with E-state index in [4.69, 9.17) is 4.42 Å². The molecule has 2 N–H and O–H groups in total. The van der Waals surface area contributed by atoms with Gasteiger partial charge in [-0.25, -0.2) is 9.59 Å². The van der Waals surface area contributed by atoms with Gasteiger partial charge in [-0.1, -0.05) is 24.3 Å². The van der Waals surface area contributed by atoms with E-state index in [2.05, 4.69) is 10.2 Å². The van der Waals surface area contributed by atoms with Crippen molar-refractivity contribution in [2.75, 3.05) is 23.3 Å². The number of pyridine rings is 1. The molecular weight excluding hydrogens is 474 g/mol. The predicted octanol–water partition coefficient (Wildman–Crippen LogP) is 3.53. The summed E-state index contributed by atoms with van der Waals surface area (Å²) in [6, 6.07) is 18.3. The van der Waals surface area contributed by atoms with Crippen molar-refractivity contribution in [3.8, 4) is 0 Å². The van der Waals surface area contributed by atoms with Gasteiger partial charge in [0.05, 0.1) is 16.9 Å². The Kier molecular flexibility index (Phi) is 5.40. The molecule has 4 heterocycles. The second-order valence-corrected chi connectivity index (χ2v) is 9.58. The Morgan fingerprint density at radius 2 is 1.78 bits per heavy atom. The lowest BCUT2D eigenvalue weighted by atomic mass is 9.83. The van der Waals surface area contributed by atoms with E-state index in [1.54, 1.807) is 42.5 Å². The number of nitrogens with one attached hydrogen (secondary N) is 1. The Balaban J connectivity index is 1.36. The Bertz CT molecular complexity index is 1690. The van der Waals surface area contributed by atoms with E-state index >= 15 is 0 Å². The molecule has 9 heteroatoms. The molecule has 186 valence electrons. The first-order valence-corrected chi connectivity index (χ1v) is 12.0. The highest BCUT2D eigenvalue weighted by Crippen LogP contribution is 2.39. The molecule has 1 amide bonds. The summed E-state index contributed by atoms with van der Waals surface area (Å²) in [6.07, 6.45) is 0.951. The fourth-order valence-electron chi connectivity index (χ4n) is 5.55. The van der Waals surface area contributed by atoms with Crippen LogP contribution < -0.4 is 21.4 Å². The van der Waals surface area contributed by atoms with Gasteiger partial charge in [-0.2, -0.15) is 0 Å². The Labute approximate surface area is 210 Å². The normalized spacial score (nSPS) is 18.3. The van der Waals surface area contributed by atoms with Crippen LogP contribution in [0.3, 0.4) is 0 Å². The SMILES string of the molecule is O=C(O)c1ccc(N2CC3CC(C2)c2cccc(=O)n2C3)c(NC(=O)c2cc3ccccc3oc2=O)c1. The third-order valence-corrected chi connectivity index (χ3v) is 7.20. The van der Waals surface area contributed by atoms with Crippen molar-refractivity contribution in [1.82, 2.24) is 4.57 Å². The van der Waals surface area contributed by atoms with E-state index in [0.29, 0.717) is 42.0 Å². The molecule has 2 unspecified atom stereocenters. The maximum absolute atomic E-state index is 13.2. The van der Waals surface area contributed by atoms with Crippen LogP contribution in [0.1, 0.15) is 38.7 Å². The lowest BCUT2D eigenvalue weighted by Crippen LogP contribution is -2.47. The Hall–Kier alpha value is -4.66. The van der Waals surface area contributed by atoms with Gasteiger partial charge in [0.2, 0.25) is 0 Å². The summed E-state index contributed by atoms with van der Waals surface area (Å²) >= 11 is 0. The maximum Gasteiger partial charge on any atom is 0.349 e. The van der Waals surface area contributed by atoms with Crippen LogP contribution in [0.15, 0.2) is 80.7 Å². The van der Waals surface area contributed by atoms with Crippen molar-refractivity contribution in [3.63, 3.8) is 0 Å². The maximum atomic E-state index is 13.2. The molecule has 0 radical (unpaired) electrons. The number of piperidine rings is 1. The van der Waals surface area contributed by atoms with Crippen molar-refractivity contribution >= 4 is 34.2 Å². The lowest BCUT2D eigenvalue weighted by molar-refractivity contribution is 0.0696. The van der Waals surface area contributed by atoms with Gasteiger partial charge in [0, 0.05) is 42.7 Å². The molecule has 0 aliphatic carbocycles. The average molecular weight is 498 g/mol. The molecule has 6 rings (SSSR count). The van der Waals surface area contributed by atoms with Gasteiger partial charge in [0.1, 0.15) is 11.1 Å². The number of para-hydroxylation sites is 1. The zero-order valence-corrected chi connectivity index (χ0v) is 19.7. The van der Waals surface area contributed by atoms with E-state index in [1.807, 2.05) is 10.6 Å². The first-order chi connectivity index (χ1) is 17.9. The first-order valence-electron chi connectivity index (χ1n) is 12.0. The predicted molar refractivity (Wildman–Crippen MR) is 138 cm³/mol. The minimum Gasteiger partial charge on any atom is -0.478 e. The van der Waals surface area contributed by atoms with Crippen molar-refractivity contribution in [2.45, 2.75) is 18.9 Å². The topological polar surface area (TPSA) is 122 Å². The summed E-state index contributed by atoms with van der Waals surface area (Å²) in [5, 5.41) is 12.9. The zero-order chi connectivity index (χ0) is 25.7. The van der Waals surface area contributed by atoms with Crippen LogP contribution in [0.5, 0.6) is 0 Å². The minimum atomic E-state index is -1.13. The summed E-state index contributed by atoms with van der Waals surface area (Å²) in [7, 11) is 0. The summed E-state index contributed by atoms with van der Waals surface area (Å²) in [6.45, 7) is 1.85. The van der Waals surface area contributed by atoms with E-state index in [9.17, 15) is 24.3 Å². The average Bonchev–Trinajstić information content (AvgIpc) is 2.88. The highest BCUT2D eigenvalue weighted by atomic mass is 16.4. The number of amides is 1. The van der Waals surface area contributed by atoms with E-state index in [0.717, 1.165) is 12.1 Å². The van der Waals surface area contributed by atoms with E-state index < -0.39 is 17.5 Å².